The lowest BCUT2D eigenvalue weighted by Crippen LogP contribution is -2.03. The highest BCUT2D eigenvalue weighted by atomic mass is 16.6. The quantitative estimate of drug-likeness (QED) is 0.530. The fourth-order valence-electron chi connectivity index (χ4n) is 2.27. The molecular weight excluding hydrogens is 290 g/mol. The van der Waals surface area contributed by atoms with Crippen molar-refractivity contribution < 1.29 is 19.0 Å². The van der Waals surface area contributed by atoms with Gasteiger partial charge in [0.1, 0.15) is 5.75 Å². The first-order chi connectivity index (χ1) is 10.5. The van der Waals surface area contributed by atoms with Crippen molar-refractivity contribution in [3.63, 3.8) is 0 Å². The van der Waals surface area contributed by atoms with Crippen LogP contribution in [0.25, 0.3) is 11.6 Å². The Morgan fingerprint density at radius 2 is 2.23 bits per heavy atom. The smallest absolute Gasteiger partial charge is 0.338 e. The van der Waals surface area contributed by atoms with Crippen molar-refractivity contribution in [1.29, 1.82) is 0 Å². The summed E-state index contributed by atoms with van der Waals surface area (Å²) in [6, 6.07) is 5.09. The molecule has 0 saturated carbocycles. The molecule has 0 spiro atoms. The van der Waals surface area contributed by atoms with Crippen LogP contribution in [-0.4, -0.2) is 23.1 Å². The number of anilines is 1. The van der Waals surface area contributed by atoms with E-state index in [4.69, 9.17) is 9.26 Å². The van der Waals surface area contributed by atoms with Gasteiger partial charge in [0.15, 0.2) is 5.69 Å². The molecule has 1 aliphatic rings. The van der Waals surface area contributed by atoms with Crippen LogP contribution in [0.3, 0.4) is 0 Å². The highest BCUT2D eigenvalue weighted by Gasteiger charge is 2.29. The van der Waals surface area contributed by atoms with Gasteiger partial charge in [-0.1, -0.05) is 5.16 Å². The number of aryl methyl sites for hydroxylation is 1. The van der Waals surface area contributed by atoms with E-state index in [2.05, 4.69) is 10.5 Å². The number of methoxy groups -OCH3 is 1. The van der Waals surface area contributed by atoms with Gasteiger partial charge < -0.3 is 14.6 Å². The fraction of sp³-hybridized carbons (Fsp3) is 0.143. The number of nitrogens with zero attached hydrogens (tertiary/aromatic N) is 2. The molecule has 1 aromatic carbocycles. The molecule has 0 saturated heterocycles. The number of benzene rings is 1. The van der Waals surface area contributed by atoms with Crippen molar-refractivity contribution in [2.24, 2.45) is 0 Å². The molecule has 2 heterocycles. The third-order valence-electron chi connectivity index (χ3n) is 3.32. The Hall–Kier alpha value is -3.16. The van der Waals surface area contributed by atoms with Crippen LogP contribution in [0.2, 0.25) is 0 Å². The molecule has 0 atom stereocenters. The zero-order valence-electron chi connectivity index (χ0n) is 11.7. The van der Waals surface area contributed by atoms with Crippen LogP contribution in [0.4, 0.5) is 11.4 Å². The molecule has 0 radical (unpaired) electrons. The Bertz CT molecular complexity index is 822. The first kappa shape index (κ1) is 13.8. The van der Waals surface area contributed by atoms with E-state index in [0.717, 1.165) is 0 Å². The topological polar surface area (TPSA) is 108 Å². The Labute approximate surface area is 124 Å². The van der Waals surface area contributed by atoms with Crippen LogP contribution in [-0.2, 0) is 4.79 Å². The van der Waals surface area contributed by atoms with Crippen molar-refractivity contribution in [2.75, 3.05) is 12.4 Å². The molecular formula is C14H11N3O5. The van der Waals surface area contributed by atoms with Gasteiger partial charge in [0, 0.05) is 17.3 Å². The van der Waals surface area contributed by atoms with E-state index in [1.807, 2.05) is 0 Å². The lowest BCUT2D eigenvalue weighted by atomic mass is 10.1. The minimum Gasteiger partial charge on any atom is -0.497 e. The number of carbonyl (C=O) groups is 1. The molecule has 1 N–H and O–H groups in total. The van der Waals surface area contributed by atoms with Gasteiger partial charge in [-0.15, -0.1) is 0 Å². The highest BCUT2D eigenvalue weighted by molar-refractivity contribution is 6.35. The van der Waals surface area contributed by atoms with Gasteiger partial charge in [0.25, 0.3) is 5.91 Å². The third kappa shape index (κ3) is 2.10. The Balaban J connectivity index is 2.14. The number of aromatic nitrogens is 1. The average Bonchev–Trinajstić information content (AvgIpc) is 3.00. The van der Waals surface area contributed by atoms with Crippen LogP contribution < -0.4 is 10.1 Å². The van der Waals surface area contributed by atoms with Gasteiger partial charge in [0.2, 0.25) is 5.76 Å². The number of fused-ring (bicyclic) bond motifs is 1. The molecule has 1 aliphatic heterocycles. The highest BCUT2D eigenvalue weighted by Crippen LogP contribution is 2.37. The Morgan fingerprint density at radius 3 is 2.91 bits per heavy atom. The Morgan fingerprint density at radius 1 is 1.45 bits per heavy atom. The van der Waals surface area contributed by atoms with Crippen LogP contribution in [0.1, 0.15) is 17.0 Å². The first-order valence-electron chi connectivity index (χ1n) is 6.33. The molecule has 1 amide bonds. The third-order valence-corrected chi connectivity index (χ3v) is 3.32. The van der Waals surface area contributed by atoms with E-state index in [1.54, 1.807) is 18.2 Å². The number of hydrogen-bond acceptors (Lipinski definition) is 6. The van der Waals surface area contributed by atoms with E-state index in [0.29, 0.717) is 17.0 Å². The molecule has 8 heteroatoms. The second-order valence-electron chi connectivity index (χ2n) is 4.66. The van der Waals surface area contributed by atoms with Crippen molar-refractivity contribution in [3.8, 4) is 5.75 Å². The minimum absolute atomic E-state index is 0.0664. The molecule has 1 aromatic heterocycles. The van der Waals surface area contributed by atoms with E-state index in [9.17, 15) is 14.9 Å². The molecule has 3 rings (SSSR count). The zero-order valence-corrected chi connectivity index (χ0v) is 11.7. The van der Waals surface area contributed by atoms with Crippen molar-refractivity contribution in [2.45, 2.75) is 6.92 Å². The summed E-state index contributed by atoms with van der Waals surface area (Å²) in [5, 5.41) is 17.3. The van der Waals surface area contributed by atoms with Gasteiger partial charge in [-0.25, -0.2) is 0 Å². The summed E-state index contributed by atoms with van der Waals surface area (Å²) in [5.41, 5.74) is 1.36. The van der Waals surface area contributed by atoms with Crippen molar-refractivity contribution in [1.82, 2.24) is 5.16 Å². The average molecular weight is 301 g/mol. The van der Waals surface area contributed by atoms with Gasteiger partial charge in [-0.2, -0.15) is 0 Å². The molecule has 22 heavy (non-hydrogen) atoms. The maximum absolute atomic E-state index is 12.1. The normalized spacial score (nSPS) is 14.8. The second kappa shape index (κ2) is 4.99. The summed E-state index contributed by atoms with van der Waals surface area (Å²) in [4.78, 5) is 22.5. The predicted molar refractivity (Wildman–Crippen MR) is 77.4 cm³/mol. The van der Waals surface area contributed by atoms with Crippen LogP contribution in [0, 0.1) is 17.0 Å². The maximum Gasteiger partial charge on any atom is 0.338 e. The number of carbonyl (C=O) groups excluding carboxylic acids is 1. The number of amides is 1. The van der Waals surface area contributed by atoms with E-state index >= 15 is 0 Å². The largest absolute Gasteiger partial charge is 0.497 e. The van der Waals surface area contributed by atoms with E-state index in [1.165, 1.54) is 20.1 Å². The van der Waals surface area contributed by atoms with Gasteiger partial charge >= 0.3 is 5.69 Å². The molecule has 0 unspecified atom stereocenters. The molecule has 112 valence electrons. The zero-order chi connectivity index (χ0) is 15.9. The van der Waals surface area contributed by atoms with Gasteiger partial charge in [-0.05, 0) is 25.1 Å². The Kier molecular flexibility index (Phi) is 3.13. The number of nitro groups is 1. The second-order valence-corrected chi connectivity index (χ2v) is 4.66. The summed E-state index contributed by atoms with van der Waals surface area (Å²) < 4.78 is 10.1. The van der Waals surface area contributed by atoms with E-state index < -0.39 is 4.92 Å². The summed E-state index contributed by atoms with van der Waals surface area (Å²) in [5.74, 6) is 0.138. The van der Waals surface area contributed by atoms with Crippen LogP contribution in [0.15, 0.2) is 22.7 Å². The van der Waals surface area contributed by atoms with E-state index in [-0.39, 0.29) is 28.6 Å². The van der Waals surface area contributed by atoms with Crippen molar-refractivity contribution in [3.05, 3.63) is 45.3 Å². The van der Waals surface area contributed by atoms with Gasteiger partial charge in [0.05, 0.1) is 17.6 Å². The molecule has 0 fully saturated rings. The minimum atomic E-state index is -0.586. The lowest BCUT2D eigenvalue weighted by molar-refractivity contribution is -0.386. The number of rotatable bonds is 3. The SMILES string of the molecule is COc1ccc2c(c1)/C(=C/c1onc(C)c1[N+](=O)[O-])C(=O)N2. The predicted octanol–water partition coefficient (Wildman–Crippen LogP) is 2.39. The molecule has 8 nitrogen and oxygen atoms in total. The summed E-state index contributed by atoms with van der Waals surface area (Å²) in [6.07, 6.45) is 1.32. The monoisotopic (exact) mass is 301 g/mol. The summed E-state index contributed by atoms with van der Waals surface area (Å²) >= 11 is 0. The standard InChI is InChI=1S/C14H11N3O5/c1-7-13(17(19)20)12(22-16-7)6-10-9-5-8(21-2)3-4-11(9)15-14(10)18/h3-6H,1-2H3,(H,15,18)/b10-6-. The van der Waals surface area contributed by atoms with Crippen LogP contribution in [0.5, 0.6) is 5.75 Å². The number of hydrogen-bond donors (Lipinski definition) is 1. The number of nitrogens with one attached hydrogen (secondary N) is 1. The molecule has 0 bridgehead atoms. The van der Waals surface area contributed by atoms with Gasteiger partial charge in [-0.3, -0.25) is 14.9 Å². The first-order valence-corrected chi connectivity index (χ1v) is 6.33. The lowest BCUT2D eigenvalue weighted by Gasteiger charge is -2.02. The summed E-state index contributed by atoms with van der Waals surface area (Å²) in [6.45, 7) is 1.47. The molecule has 2 aromatic rings. The van der Waals surface area contributed by atoms with Crippen LogP contribution >= 0.6 is 0 Å². The summed E-state index contributed by atoms with van der Waals surface area (Å²) in [7, 11) is 1.51. The van der Waals surface area contributed by atoms with Crippen molar-refractivity contribution >= 4 is 28.9 Å². The maximum atomic E-state index is 12.1. The molecule has 0 aliphatic carbocycles. The number of ether oxygens (including phenoxy) is 1. The fourth-order valence-corrected chi connectivity index (χ4v) is 2.27.